The molecule has 2 aromatic rings. The maximum Gasteiger partial charge on any atom is 0.201 e. The summed E-state index contributed by atoms with van der Waals surface area (Å²) in [5.41, 5.74) is 7.24. The quantitative estimate of drug-likeness (QED) is 0.895. The first kappa shape index (κ1) is 13.6. The number of imidazole rings is 1. The lowest BCUT2D eigenvalue weighted by molar-refractivity contribution is 0.385. The molecule has 19 heavy (non-hydrogen) atoms. The Morgan fingerprint density at radius 2 is 2.16 bits per heavy atom. The lowest BCUT2D eigenvalue weighted by atomic mass is 10.2. The van der Waals surface area contributed by atoms with Crippen LogP contribution >= 0.6 is 0 Å². The molecule has 1 aromatic heterocycles. The van der Waals surface area contributed by atoms with Gasteiger partial charge in [0, 0.05) is 18.7 Å². The van der Waals surface area contributed by atoms with Gasteiger partial charge in [0.05, 0.1) is 18.1 Å². The molecule has 1 aromatic carbocycles. The predicted molar refractivity (Wildman–Crippen MR) is 73.8 cm³/mol. The molecule has 0 spiro atoms. The standard InChI is InChI=1S/C13H19FN4O/c1-17(2)5-4-6-18-11-8-12(19-3)9(14)7-10(11)16-13(18)15/h7-8H,4-6H2,1-3H3,(H2,15,16). The number of aryl methyl sites for hydroxylation is 1. The summed E-state index contributed by atoms with van der Waals surface area (Å²) in [4.78, 5) is 6.29. The molecular formula is C13H19FN4O. The van der Waals surface area contributed by atoms with Crippen molar-refractivity contribution in [2.24, 2.45) is 0 Å². The van der Waals surface area contributed by atoms with Crippen LogP contribution < -0.4 is 10.5 Å². The van der Waals surface area contributed by atoms with Crippen LogP contribution in [0.15, 0.2) is 12.1 Å². The zero-order valence-electron chi connectivity index (χ0n) is 11.5. The van der Waals surface area contributed by atoms with Crippen molar-refractivity contribution in [3.8, 4) is 5.75 Å². The van der Waals surface area contributed by atoms with E-state index in [2.05, 4.69) is 9.88 Å². The van der Waals surface area contributed by atoms with Gasteiger partial charge in [0.15, 0.2) is 11.6 Å². The van der Waals surface area contributed by atoms with Crippen molar-refractivity contribution in [1.82, 2.24) is 14.5 Å². The number of hydrogen-bond donors (Lipinski definition) is 1. The molecule has 104 valence electrons. The van der Waals surface area contributed by atoms with E-state index in [1.54, 1.807) is 6.07 Å². The average molecular weight is 266 g/mol. The highest BCUT2D eigenvalue weighted by atomic mass is 19.1. The lowest BCUT2D eigenvalue weighted by Gasteiger charge is -2.11. The third kappa shape index (κ3) is 2.78. The fourth-order valence-corrected chi connectivity index (χ4v) is 2.08. The number of aromatic nitrogens is 2. The Balaban J connectivity index is 2.34. The molecule has 0 amide bonds. The van der Waals surface area contributed by atoms with Gasteiger partial charge < -0.3 is 19.9 Å². The Kier molecular flexibility index (Phi) is 3.90. The SMILES string of the molecule is COc1cc2c(cc1F)nc(N)n2CCCN(C)C. The Labute approximate surface area is 111 Å². The molecule has 0 bridgehead atoms. The zero-order chi connectivity index (χ0) is 14.0. The Morgan fingerprint density at radius 3 is 2.79 bits per heavy atom. The van der Waals surface area contributed by atoms with Crippen LogP contribution in [0.1, 0.15) is 6.42 Å². The Hall–Kier alpha value is -1.82. The lowest BCUT2D eigenvalue weighted by Crippen LogP contribution is -2.15. The molecule has 2 rings (SSSR count). The summed E-state index contributed by atoms with van der Waals surface area (Å²) in [6.07, 6.45) is 0.947. The highest BCUT2D eigenvalue weighted by molar-refractivity contribution is 5.80. The first-order valence-corrected chi connectivity index (χ1v) is 6.17. The van der Waals surface area contributed by atoms with Gasteiger partial charge >= 0.3 is 0 Å². The second-order valence-electron chi connectivity index (χ2n) is 4.75. The van der Waals surface area contributed by atoms with E-state index in [-0.39, 0.29) is 5.75 Å². The molecule has 6 heteroatoms. The number of nitrogens with two attached hydrogens (primary N) is 1. The molecule has 2 N–H and O–H groups in total. The normalized spacial score (nSPS) is 11.4. The van der Waals surface area contributed by atoms with E-state index in [4.69, 9.17) is 10.5 Å². The van der Waals surface area contributed by atoms with Gasteiger partial charge in [0.25, 0.3) is 0 Å². The van der Waals surface area contributed by atoms with Crippen molar-refractivity contribution in [3.63, 3.8) is 0 Å². The van der Waals surface area contributed by atoms with Gasteiger partial charge in [-0.2, -0.15) is 0 Å². The van der Waals surface area contributed by atoms with Crippen molar-refractivity contribution in [1.29, 1.82) is 0 Å². The highest BCUT2D eigenvalue weighted by Crippen LogP contribution is 2.26. The molecule has 0 aliphatic carbocycles. The van der Waals surface area contributed by atoms with E-state index in [1.165, 1.54) is 13.2 Å². The number of anilines is 1. The molecular weight excluding hydrogens is 247 g/mol. The summed E-state index contributed by atoms with van der Waals surface area (Å²) in [5.74, 6) is 0.190. The summed E-state index contributed by atoms with van der Waals surface area (Å²) in [7, 11) is 5.49. The van der Waals surface area contributed by atoms with Crippen molar-refractivity contribution in [3.05, 3.63) is 17.9 Å². The minimum Gasteiger partial charge on any atom is -0.494 e. The van der Waals surface area contributed by atoms with Gasteiger partial charge in [-0.3, -0.25) is 0 Å². The van der Waals surface area contributed by atoms with Crippen LogP contribution in [-0.4, -0.2) is 42.2 Å². The Bertz CT molecular complexity index is 580. The zero-order valence-corrected chi connectivity index (χ0v) is 11.5. The molecule has 0 saturated heterocycles. The minimum absolute atomic E-state index is 0.209. The highest BCUT2D eigenvalue weighted by Gasteiger charge is 2.12. The topological polar surface area (TPSA) is 56.3 Å². The molecule has 0 radical (unpaired) electrons. The van der Waals surface area contributed by atoms with Gasteiger partial charge in [0.1, 0.15) is 0 Å². The van der Waals surface area contributed by atoms with Crippen LogP contribution in [0.2, 0.25) is 0 Å². The van der Waals surface area contributed by atoms with E-state index in [0.717, 1.165) is 25.0 Å². The number of fused-ring (bicyclic) bond motifs is 1. The Morgan fingerprint density at radius 1 is 1.42 bits per heavy atom. The minimum atomic E-state index is -0.423. The van der Waals surface area contributed by atoms with Gasteiger partial charge in [-0.15, -0.1) is 0 Å². The number of methoxy groups -OCH3 is 1. The molecule has 0 aliphatic heterocycles. The summed E-state index contributed by atoms with van der Waals surface area (Å²) < 4.78 is 20.5. The number of hydrogen-bond acceptors (Lipinski definition) is 4. The van der Waals surface area contributed by atoms with Crippen molar-refractivity contribution in [2.45, 2.75) is 13.0 Å². The van der Waals surface area contributed by atoms with Gasteiger partial charge in [-0.05, 0) is 27.1 Å². The van der Waals surface area contributed by atoms with Crippen LogP contribution in [0, 0.1) is 5.82 Å². The predicted octanol–water partition coefficient (Wildman–Crippen LogP) is 1.72. The molecule has 0 aliphatic rings. The van der Waals surface area contributed by atoms with Crippen molar-refractivity contribution >= 4 is 17.0 Å². The fraction of sp³-hybridized carbons (Fsp3) is 0.462. The average Bonchev–Trinajstić information content (AvgIpc) is 2.63. The van der Waals surface area contributed by atoms with Gasteiger partial charge in [0.2, 0.25) is 5.95 Å². The van der Waals surface area contributed by atoms with Crippen LogP contribution in [0.4, 0.5) is 10.3 Å². The van der Waals surface area contributed by atoms with E-state index < -0.39 is 5.82 Å². The van der Waals surface area contributed by atoms with Crippen molar-refractivity contribution in [2.75, 3.05) is 33.5 Å². The smallest absolute Gasteiger partial charge is 0.201 e. The molecule has 1 heterocycles. The molecule has 5 nitrogen and oxygen atoms in total. The van der Waals surface area contributed by atoms with E-state index in [9.17, 15) is 4.39 Å². The second-order valence-corrected chi connectivity index (χ2v) is 4.75. The third-order valence-electron chi connectivity index (χ3n) is 3.04. The molecule has 0 atom stereocenters. The summed E-state index contributed by atoms with van der Waals surface area (Å²) in [6, 6.07) is 3.00. The third-order valence-corrected chi connectivity index (χ3v) is 3.04. The number of ether oxygens (including phenoxy) is 1. The largest absolute Gasteiger partial charge is 0.494 e. The van der Waals surface area contributed by atoms with Crippen LogP contribution in [0.3, 0.4) is 0 Å². The fourth-order valence-electron chi connectivity index (χ4n) is 2.08. The number of nitrogens with zero attached hydrogens (tertiary/aromatic N) is 3. The molecule has 0 saturated carbocycles. The molecule has 0 unspecified atom stereocenters. The molecule has 0 fully saturated rings. The number of rotatable bonds is 5. The number of nitrogen functional groups attached to an aromatic ring is 1. The van der Waals surface area contributed by atoms with Crippen LogP contribution in [0.25, 0.3) is 11.0 Å². The number of halogens is 1. The van der Waals surface area contributed by atoms with E-state index in [1.807, 2.05) is 18.7 Å². The first-order valence-electron chi connectivity index (χ1n) is 6.17. The number of benzene rings is 1. The summed E-state index contributed by atoms with van der Waals surface area (Å²) >= 11 is 0. The monoisotopic (exact) mass is 266 g/mol. The van der Waals surface area contributed by atoms with Crippen LogP contribution in [0.5, 0.6) is 5.75 Å². The summed E-state index contributed by atoms with van der Waals surface area (Å²) in [5, 5.41) is 0. The first-order chi connectivity index (χ1) is 9.02. The van der Waals surface area contributed by atoms with E-state index >= 15 is 0 Å². The second kappa shape index (κ2) is 5.44. The van der Waals surface area contributed by atoms with Gasteiger partial charge in [-0.25, -0.2) is 9.37 Å². The van der Waals surface area contributed by atoms with Crippen molar-refractivity contribution < 1.29 is 9.13 Å². The maximum absolute atomic E-state index is 13.6. The maximum atomic E-state index is 13.6. The van der Waals surface area contributed by atoms with Crippen LogP contribution in [-0.2, 0) is 6.54 Å². The van der Waals surface area contributed by atoms with E-state index in [0.29, 0.717) is 11.5 Å². The van der Waals surface area contributed by atoms with Gasteiger partial charge in [-0.1, -0.05) is 0 Å². The summed E-state index contributed by atoms with van der Waals surface area (Å²) in [6.45, 7) is 1.70.